The van der Waals surface area contributed by atoms with Crippen LogP contribution in [0.2, 0.25) is 0 Å². The molecule has 0 unspecified atom stereocenters. The predicted octanol–water partition coefficient (Wildman–Crippen LogP) is 8.70. The second kappa shape index (κ2) is 7.70. The van der Waals surface area contributed by atoms with Gasteiger partial charge in [-0.05, 0) is 80.0 Å². The van der Waals surface area contributed by atoms with E-state index < -0.39 is 18.3 Å². The average molecular weight is 533 g/mol. The van der Waals surface area contributed by atoms with E-state index in [-0.39, 0.29) is 0 Å². The largest absolute Gasteiger partial charge is 0.494 e. The fourth-order valence-corrected chi connectivity index (χ4v) is 6.81. The smallest absolute Gasteiger partial charge is 0.456 e. The second-order valence-corrected chi connectivity index (χ2v) is 12.4. The number of furan rings is 1. The standard InChI is InChI=1S/C36H28BNO3/c1-35(2)36(3,4)41-37(40-35)23-19-27-25-13-8-12-24-26-18-22(21-10-6-5-7-11-21)16-17-28(26)38(34(24)25)29-14-9-15-30-33(29)32(27)31(20-23)39-30/h5-20H,1-4H3. The maximum atomic E-state index is 6.57. The third kappa shape index (κ3) is 3.03. The Balaban J connectivity index is 1.44. The molecule has 9 rings (SSSR count). The summed E-state index contributed by atoms with van der Waals surface area (Å²) in [6, 6.07) is 34.9. The van der Waals surface area contributed by atoms with Crippen molar-refractivity contribution in [2.45, 2.75) is 38.9 Å². The molecule has 1 aliphatic heterocycles. The first-order valence-corrected chi connectivity index (χ1v) is 14.3. The van der Waals surface area contributed by atoms with Crippen molar-refractivity contribution in [1.29, 1.82) is 0 Å². The van der Waals surface area contributed by atoms with Crippen LogP contribution in [0, 0.1) is 0 Å². The van der Waals surface area contributed by atoms with Crippen LogP contribution < -0.4 is 5.46 Å². The van der Waals surface area contributed by atoms with E-state index in [0.717, 1.165) is 38.3 Å². The molecule has 198 valence electrons. The third-order valence-electron chi connectivity index (χ3n) is 9.55. The summed E-state index contributed by atoms with van der Waals surface area (Å²) in [6.07, 6.45) is 0. The van der Waals surface area contributed by atoms with Gasteiger partial charge in [0.25, 0.3) is 0 Å². The van der Waals surface area contributed by atoms with Crippen LogP contribution >= 0.6 is 0 Å². The molecule has 1 aliphatic rings. The topological polar surface area (TPSA) is 36.0 Å². The minimum absolute atomic E-state index is 0.426. The molecule has 0 atom stereocenters. The lowest BCUT2D eigenvalue weighted by Crippen LogP contribution is -2.41. The van der Waals surface area contributed by atoms with Gasteiger partial charge in [-0.25, -0.2) is 0 Å². The normalized spacial score (nSPS) is 16.9. The molecular formula is C36H28BNO3. The molecule has 0 radical (unpaired) electrons. The first-order valence-electron chi connectivity index (χ1n) is 14.3. The molecular weight excluding hydrogens is 505 g/mol. The van der Waals surface area contributed by atoms with E-state index in [9.17, 15) is 0 Å². The molecule has 3 aromatic heterocycles. The lowest BCUT2D eigenvalue weighted by Gasteiger charge is -2.32. The van der Waals surface area contributed by atoms with Crippen LogP contribution in [0.25, 0.3) is 71.2 Å². The summed E-state index contributed by atoms with van der Waals surface area (Å²) in [6.45, 7) is 8.38. The molecule has 8 aromatic rings. The molecule has 0 saturated carbocycles. The maximum Gasteiger partial charge on any atom is 0.494 e. The number of benzene rings is 5. The number of aromatic nitrogens is 1. The van der Waals surface area contributed by atoms with E-state index in [2.05, 4.69) is 129 Å². The molecule has 0 amide bonds. The lowest BCUT2D eigenvalue weighted by molar-refractivity contribution is 0.00578. The molecule has 0 bridgehead atoms. The van der Waals surface area contributed by atoms with Gasteiger partial charge in [0.15, 0.2) is 0 Å². The zero-order valence-corrected chi connectivity index (χ0v) is 23.5. The van der Waals surface area contributed by atoms with Crippen LogP contribution in [0.3, 0.4) is 0 Å². The van der Waals surface area contributed by atoms with Crippen molar-refractivity contribution in [2.75, 3.05) is 0 Å². The van der Waals surface area contributed by atoms with E-state index in [4.69, 9.17) is 13.7 Å². The van der Waals surface area contributed by atoms with Crippen molar-refractivity contribution in [1.82, 2.24) is 4.40 Å². The number of nitrogens with zero attached hydrogens (tertiary/aromatic N) is 1. The Morgan fingerprint density at radius 2 is 1.29 bits per heavy atom. The molecule has 1 saturated heterocycles. The summed E-state index contributed by atoms with van der Waals surface area (Å²) in [7, 11) is -0.477. The molecule has 0 N–H and O–H groups in total. The molecule has 5 aromatic carbocycles. The van der Waals surface area contributed by atoms with E-state index in [0.29, 0.717) is 0 Å². The highest BCUT2D eigenvalue weighted by Gasteiger charge is 2.52. The van der Waals surface area contributed by atoms with Gasteiger partial charge < -0.3 is 18.1 Å². The molecule has 4 heterocycles. The van der Waals surface area contributed by atoms with E-state index >= 15 is 0 Å². The summed E-state index contributed by atoms with van der Waals surface area (Å²) in [4.78, 5) is 0. The Hall–Kier alpha value is -4.32. The van der Waals surface area contributed by atoms with Crippen LogP contribution in [0.1, 0.15) is 27.7 Å². The summed E-state index contributed by atoms with van der Waals surface area (Å²) < 4.78 is 22.0. The summed E-state index contributed by atoms with van der Waals surface area (Å²) in [5.74, 6) is 0. The van der Waals surface area contributed by atoms with Crippen LogP contribution in [0.4, 0.5) is 0 Å². The van der Waals surface area contributed by atoms with Crippen LogP contribution in [-0.2, 0) is 9.31 Å². The zero-order chi connectivity index (χ0) is 27.7. The monoisotopic (exact) mass is 533 g/mol. The maximum absolute atomic E-state index is 6.57. The fourth-order valence-electron chi connectivity index (χ4n) is 6.81. The Labute approximate surface area is 237 Å². The number of hydrogen-bond acceptors (Lipinski definition) is 3. The Kier molecular flexibility index (Phi) is 4.39. The van der Waals surface area contributed by atoms with Gasteiger partial charge in [-0.2, -0.15) is 0 Å². The second-order valence-electron chi connectivity index (χ2n) is 12.4. The summed E-state index contributed by atoms with van der Waals surface area (Å²) >= 11 is 0. The average Bonchev–Trinajstić information content (AvgIpc) is 3.55. The molecule has 4 nitrogen and oxygen atoms in total. The molecule has 1 fully saturated rings. The molecule has 5 heteroatoms. The first-order chi connectivity index (χ1) is 19.8. The fraction of sp³-hybridized carbons (Fsp3) is 0.167. The molecule has 0 aliphatic carbocycles. The molecule has 0 spiro atoms. The lowest BCUT2D eigenvalue weighted by atomic mass is 9.78. The van der Waals surface area contributed by atoms with Gasteiger partial charge >= 0.3 is 7.12 Å². The number of hydrogen-bond donors (Lipinski definition) is 0. The van der Waals surface area contributed by atoms with Crippen molar-refractivity contribution in [2.24, 2.45) is 0 Å². The highest BCUT2D eigenvalue weighted by molar-refractivity contribution is 6.63. The Morgan fingerprint density at radius 3 is 2.07 bits per heavy atom. The Bertz CT molecular complexity index is 2310. The van der Waals surface area contributed by atoms with Gasteiger partial charge in [0.1, 0.15) is 11.2 Å². The van der Waals surface area contributed by atoms with Gasteiger partial charge in [0.2, 0.25) is 0 Å². The van der Waals surface area contributed by atoms with Crippen molar-refractivity contribution in [3.8, 4) is 11.1 Å². The first kappa shape index (κ1) is 23.4. The minimum atomic E-state index is -0.477. The van der Waals surface area contributed by atoms with E-state index in [1.54, 1.807) is 0 Å². The molecule has 41 heavy (non-hydrogen) atoms. The highest BCUT2D eigenvalue weighted by atomic mass is 16.7. The van der Waals surface area contributed by atoms with Crippen molar-refractivity contribution in [3.63, 3.8) is 0 Å². The van der Waals surface area contributed by atoms with Crippen LogP contribution in [0.5, 0.6) is 0 Å². The van der Waals surface area contributed by atoms with Gasteiger partial charge in [0.05, 0.1) is 33.1 Å². The van der Waals surface area contributed by atoms with Gasteiger partial charge in [0, 0.05) is 21.5 Å². The predicted molar refractivity (Wildman–Crippen MR) is 170 cm³/mol. The SMILES string of the molecule is CC1(C)OB(c2cc3oc4cccc5c4c3c(c2)c2cccc3c4cc(-c6ccccc6)ccc4n5c23)OC1(C)C. The van der Waals surface area contributed by atoms with Crippen LogP contribution in [-0.4, -0.2) is 22.7 Å². The van der Waals surface area contributed by atoms with Gasteiger partial charge in [-0.1, -0.05) is 66.7 Å². The van der Waals surface area contributed by atoms with E-state index in [1.165, 1.54) is 38.3 Å². The number of fused-ring (bicyclic) bond motifs is 5. The quantitative estimate of drug-likeness (QED) is 0.209. The minimum Gasteiger partial charge on any atom is -0.456 e. The third-order valence-corrected chi connectivity index (χ3v) is 9.55. The van der Waals surface area contributed by atoms with Crippen molar-refractivity contribution < 1.29 is 13.7 Å². The van der Waals surface area contributed by atoms with Gasteiger partial charge in [-0.3, -0.25) is 0 Å². The summed E-state index contributed by atoms with van der Waals surface area (Å²) in [5.41, 5.74) is 7.83. The van der Waals surface area contributed by atoms with Gasteiger partial charge in [-0.15, -0.1) is 0 Å². The summed E-state index contributed by atoms with van der Waals surface area (Å²) in [5, 5.41) is 7.09. The van der Waals surface area contributed by atoms with E-state index in [1.807, 2.05) is 0 Å². The number of rotatable bonds is 2. The zero-order valence-electron chi connectivity index (χ0n) is 23.5. The van der Waals surface area contributed by atoms with Crippen LogP contribution in [0.15, 0.2) is 101 Å². The Morgan fingerprint density at radius 1 is 0.561 bits per heavy atom. The highest BCUT2D eigenvalue weighted by Crippen LogP contribution is 2.44. The number of para-hydroxylation sites is 1. The van der Waals surface area contributed by atoms with Crippen molar-refractivity contribution >= 4 is 72.6 Å². The van der Waals surface area contributed by atoms with Crippen molar-refractivity contribution in [3.05, 3.63) is 97.1 Å².